The summed E-state index contributed by atoms with van der Waals surface area (Å²) in [7, 11) is 0. The lowest BCUT2D eigenvalue weighted by molar-refractivity contribution is 0.850. The van der Waals surface area contributed by atoms with E-state index >= 15 is 0 Å². The Morgan fingerprint density at radius 3 is 2.80 bits per heavy atom. The molecule has 5 rings (SSSR count). The summed E-state index contributed by atoms with van der Waals surface area (Å²) in [4.78, 5) is 11.9. The van der Waals surface area contributed by atoms with Gasteiger partial charge in [0.15, 0.2) is 11.5 Å². The molecule has 126 valence electrons. The van der Waals surface area contributed by atoms with Crippen LogP contribution in [0.1, 0.15) is 47.0 Å². The first kappa shape index (κ1) is 15.3. The molecule has 0 spiro atoms. The van der Waals surface area contributed by atoms with Gasteiger partial charge in [-0.15, -0.1) is 16.4 Å². The van der Waals surface area contributed by atoms with Gasteiger partial charge in [0.2, 0.25) is 0 Å². The largest absolute Gasteiger partial charge is 0.225 e. The molecule has 4 aromatic rings. The van der Waals surface area contributed by atoms with E-state index in [1.807, 2.05) is 16.6 Å². The summed E-state index contributed by atoms with van der Waals surface area (Å²) in [5.74, 6) is 1.81. The molecule has 0 saturated heterocycles. The lowest BCUT2D eigenvalue weighted by Crippen LogP contribution is -1.91. The molecule has 3 aromatic heterocycles. The molecule has 0 radical (unpaired) electrons. The molecule has 0 bridgehead atoms. The minimum atomic E-state index is 0.390. The number of fused-ring (bicyclic) bond motifs is 3. The summed E-state index contributed by atoms with van der Waals surface area (Å²) in [6.07, 6.45) is 3.88. The van der Waals surface area contributed by atoms with Crippen molar-refractivity contribution in [3.8, 4) is 0 Å². The third-order valence-corrected chi connectivity index (χ3v) is 6.43. The van der Waals surface area contributed by atoms with Crippen LogP contribution in [0.25, 0.3) is 15.9 Å². The molecule has 6 heteroatoms. The normalized spacial score (nSPS) is 19.8. The van der Waals surface area contributed by atoms with Crippen LogP contribution in [-0.4, -0.2) is 19.6 Å². The first-order chi connectivity index (χ1) is 12.2. The lowest BCUT2D eigenvalue weighted by Gasteiger charge is -1.98. The third-order valence-electron chi connectivity index (χ3n) is 5.12. The summed E-state index contributed by atoms with van der Waals surface area (Å²) in [5.41, 5.74) is 3.61. The number of rotatable bonds is 3. The van der Waals surface area contributed by atoms with Crippen LogP contribution in [0.4, 0.5) is 0 Å². The van der Waals surface area contributed by atoms with Gasteiger partial charge >= 0.3 is 0 Å². The topological polar surface area (TPSA) is 43.1 Å². The number of thiophene rings is 1. The molecule has 1 aromatic carbocycles. The molecule has 3 heterocycles. The fraction of sp³-hybridized carbons (Fsp3) is 0.316. The van der Waals surface area contributed by atoms with Crippen molar-refractivity contribution in [2.75, 3.05) is 0 Å². The van der Waals surface area contributed by atoms with Crippen LogP contribution in [0.2, 0.25) is 5.02 Å². The van der Waals surface area contributed by atoms with Crippen molar-refractivity contribution < 1.29 is 0 Å². The van der Waals surface area contributed by atoms with E-state index in [4.69, 9.17) is 21.7 Å². The standard InChI is InChI=1S/C19H17ClN4S/c1-3-13-10(2)25-19-16(13)18-22-17(23-24(18)9-21-19)15-8-14(15)11-4-6-12(20)7-5-11/h4-7,9,14-15H,3,8H2,1-2H3/t14-,15-/m1/s1. The summed E-state index contributed by atoms with van der Waals surface area (Å²) in [5, 5.41) is 6.68. The maximum atomic E-state index is 6.00. The fourth-order valence-corrected chi connectivity index (χ4v) is 4.93. The van der Waals surface area contributed by atoms with E-state index in [9.17, 15) is 0 Å². The average Bonchev–Trinajstić information content (AvgIpc) is 3.17. The molecular weight excluding hydrogens is 352 g/mol. The lowest BCUT2D eigenvalue weighted by atomic mass is 10.1. The number of hydrogen-bond acceptors (Lipinski definition) is 4. The van der Waals surface area contributed by atoms with Gasteiger partial charge in [0.05, 0.1) is 5.39 Å². The van der Waals surface area contributed by atoms with Crippen LogP contribution in [0.3, 0.4) is 0 Å². The van der Waals surface area contributed by atoms with Crippen molar-refractivity contribution in [1.29, 1.82) is 0 Å². The summed E-state index contributed by atoms with van der Waals surface area (Å²) in [6.45, 7) is 4.35. The zero-order chi connectivity index (χ0) is 17.1. The third kappa shape index (κ3) is 2.37. The molecule has 25 heavy (non-hydrogen) atoms. The number of hydrogen-bond donors (Lipinski definition) is 0. The van der Waals surface area contributed by atoms with Crippen LogP contribution in [0.5, 0.6) is 0 Å². The van der Waals surface area contributed by atoms with Crippen LogP contribution in [0, 0.1) is 6.92 Å². The number of halogens is 1. The van der Waals surface area contributed by atoms with Crippen molar-refractivity contribution >= 4 is 38.8 Å². The zero-order valence-electron chi connectivity index (χ0n) is 14.0. The molecule has 1 aliphatic rings. The molecule has 0 unspecified atom stereocenters. The minimum Gasteiger partial charge on any atom is -0.225 e. The van der Waals surface area contributed by atoms with Crippen molar-refractivity contribution in [2.24, 2.45) is 0 Å². The van der Waals surface area contributed by atoms with Crippen molar-refractivity contribution in [1.82, 2.24) is 19.6 Å². The average molecular weight is 369 g/mol. The number of aromatic nitrogens is 4. The highest BCUT2D eigenvalue weighted by molar-refractivity contribution is 7.18. The van der Waals surface area contributed by atoms with Crippen molar-refractivity contribution in [3.05, 3.63) is 57.4 Å². The van der Waals surface area contributed by atoms with Crippen LogP contribution < -0.4 is 0 Å². The summed E-state index contributed by atoms with van der Waals surface area (Å²) in [6, 6.07) is 8.14. The Morgan fingerprint density at radius 1 is 1.24 bits per heavy atom. The van der Waals surface area contributed by atoms with E-state index in [0.717, 1.165) is 34.2 Å². The molecule has 1 saturated carbocycles. The van der Waals surface area contributed by atoms with Crippen LogP contribution >= 0.6 is 22.9 Å². The molecule has 2 atom stereocenters. The highest BCUT2D eigenvalue weighted by Crippen LogP contribution is 2.53. The van der Waals surface area contributed by atoms with Crippen LogP contribution in [-0.2, 0) is 6.42 Å². The molecular formula is C19H17ClN4S. The van der Waals surface area contributed by atoms with E-state index in [1.54, 1.807) is 17.7 Å². The quantitative estimate of drug-likeness (QED) is 0.503. The highest BCUT2D eigenvalue weighted by atomic mass is 35.5. The van der Waals surface area contributed by atoms with E-state index in [2.05, 4.69) is 31.0 Å². The molecule has 1 aliphatic carbocycles. The molecule has 0 amide bonds. The predicted molar refractivity (Wildman–Crippen MR) is 102 cm³/mol. The molecule has 4 nitrogen and oxygen atoms in total. The molecule has 0 N–H and O–H groups in total. The number of nitrogens with zero attached hydrogens (tertiary/aromatic N) is 4. The first-order valence-electron chi connectivity index (χ1n) is 8.54. The maximum Gasteiger partial charge on any atom is 0.167 e. The highest BCUT2D eigenvalue weighted by Gasteiger charge is 2.42. The smallest absolute Gasteiger partial charge is 0.167 e. The van der Waals surface area contributed by atoms with Gasteiger partial charge in [-0.3, -0.25) is 0 Å². The van der Waals surface area contributed by atoms with Gasteiger partial charge in [-0.2, -0.15) is 0 Å². The summed E-state index contributed by atoms with van der Waals surface area (Å²) >= 11 is 7.74. The molecule has 0 aliphatic heterocycles. The van der Waals surface area contributed by atoms with E-state index in [0.29, 0.717) is 11.8 Å². The van der Waals surface area contributed by atoms with Gasteiger partial charge in [-0.1, -0.05) is 30.7 Å². The SMILES string of the molecule is CCc1c(C)sc2ncn3nc([C@@H]4C[C@@H]4c4ccc(Cl)cc4)nc3c12. The van der Waals surface area contributed by atoms with Gasteiger partial charge in [0.1, 0.15) is 11.2 Å². The van der Waals surface area contributed by atoms with Crippen LogP contribution in [0.15, 0.2) is 30.6 Å². The monoisotopic (exact) mass is 368 g/mol. The summed E-state index contributed by atoms with van der Waals surface area (Å²) < 4.78 is 1.85. The van der Waals surface area contributed by atoms with E-state index in [-0.39, 0.29) is 0 Å². The maximum absolute atomic E-state index is 6.00. The van der Waals surface area contributed by atoms with E-state index < -0.39 is 0 Å². The second kappa shape index (κ2) is 5.51. The second-order valence-corrected chi connectivity index (χ2v) is 8.29. The number of aryl methyl sites for hydroxylation is 2. The fourth-order valence-electron chi connectivity index (χ4n) is 3.72. The van der Waals surface area contributed by atoms with Gasteiger partial charge < -0.3 is 0 Å². The van der Waals surface area contributed by atoms with Crippen molar-refractivity contribution in [3.63, 3.8) is 0 Å². The Balaban J connectivity index is 1.57. The predicted octanol–water partition coefficient (Wildman–Crippen LogP) is 5.13. The second-order valence-electron chi connectivity index (χ2n) is 6.65. The van der Waals surface area contributed by atoms with Crippen molar-refractivity contribution in [2.45, 2.75) is 38.5 Å². The van der Waals surface area contributed by atoms with Gasteiger partial charge in [-0.05, 0) is 48.9 Å². The Kier molecular flexibility index (Phi) is 3.37. The van der Waals surface area contributed by atoms with Gasteiger partial charge in [0, 0.05) is 15.8 Å². The minimum absolute atomic E-state index is 0.390. The number of benzene rings is 1. The first-order valence-corrected chi connectivity index (χ1v) is 9.74. The van der Waals surface area contributed by atoms with E-state index in [1.165, 1.54) is 21.4 Å². The Morgan fingerprint density at radius 2 is 2.04 bits per heavy atom. The Labute approximate surface area is 154 Å². The zero-order valence-corrected chi connectivity index (χ0v) is 15.6. The van der Waals surface area contributed by atoms with Gasteiger partial charge in [-0.25, -0.2) is 14.5 Å². The Hall–Kier alpha value is -1.98. The molecule has 1 fully saturated rings. The Bertz CT molecular complexity index is 1100. The van der Waals surface area contributed by atoms with Gasteiger partial charge in [0.25, 0.3) is 0 Å².